The van der Waals surface area contributed by atoms with E-state index in [9.17, 15) is 110 Å². The smallest absolute Gasteiger partial charge is 0.326 e. The van der Waals surface area contributed by atoms with E-state index in [0.717, 1.165) is 11.8 Å². The molecule has 1 saturated heterocycles. The van der Waals surface area contributed by atoms with E-state index in [1.54, 1.807) is 27.7 Å². The Hall–Kier alpha value is -8.68. The molecule has 0 bridgehead atoms. The summed E-state index contributed by atoms with van der Waals surface area (Å²) in [6.07, 6.45) is -0.964. The van der Waals surface area contributed by atoms with Crippen LogP contribution in [0.3, 0.4) is 0 Å². The highest BCUT2D eigenvalue weighted by Crippen LogP contribution is 2.22. The Balaban J connectivity index is 2.47. The summed E-state index contributed by atoms with van der Waals surface area (Å²) < 4.78 is 33.0. The number of carbonyl (C=O) groups is 15. The first kappa shape index (κ1) is 94.4. The number of unbranched alkanes of at least 4 members (excludes halogenated alkanes) is 2. The van der Waals surface area contributed by atoms with Gasteiger partial charge < -0.3 is 111 Å². The fourth-order valence-corrected chi connectivity index (χ4v) is 12.6. The summed E-state index contributed by atoms with van der Waals surface area (Å²) in [4.78, 5) is 212. The maximum Gasteiger partial charge on any atom is 0.326 e. The summed E-state index contributed by atoms with van der Waals surface area (Å²) in [7, 11) is -4.82. The van der Waals surface area contributed by atoms with Crippen molar-refractivity contribution in [1.82, 2.24) is 73.4 Å². The summed E-state index contributed by atoms with van der Waals surface area (Å²) in [5, 5.41) is 77.0. The zero-order chi connectivity index (χ0) is 81.2. The maximum atomic E-state index is 14.6. The standard InChI is InChI=1S/C65H111N17O23S2/c1-32(2)25-38(68)53(89)78-46(30-106-107(103,104)105)60(96)79-50(34(5)6)62(98)76-43(26-33(3)4)57(93)75-44(27-37-28-69-31-70-37)58(94)72-40(18-20-48(85)86)54(90)71-39(15-10-12-22-66)56(92)81-52(36(9)84)64(100)82-24-14-17-47(82)61(97)80-51(35(7)8)63(99)77-45(29-83)59(95)73-41(19-21-49(87)88)55(91)74-42(65(101)102)16-11-13-23-67/h28,31-36,38-47,50-52,83-84H,10-27,29-30,66-68H2,1-9H3,(H,69,70)(H,71,90)(H,72,94)(H,73,95)(H,74,91)(H,75,93)(H,76,98)(H,77,99)(H,78,89)(H,79,96)(H,80,97)(H,81,92)(H,85,86)(H,87,88)(H,101,102)(H,103,104,105)/t36-,38+,39+,40+,41+,42+,43+,44+,45+,46+,47+,50+,51+,52+/m1/s1. The normalized spacial score (nSPS) is 16.7. The Bertz CT molecular complexity index is 3270. The lowest BCUT2D eigenvalue weighted by Crippen LogP contribution is -2.62. The number of imidazole rings is 1. The number of H-pyrrole nitrogens is 1. The van der Waals surface area contributed by atoms with Gasteiger partial charge in [0.25, 0.3) is 0 Å². The Morgan fingerprint density at radius 3 is 1.42 bits per heavy atom. The molecule has 0 radical (unpaired) electrons. The molecule has 1 fully saturated rings. The molecule has 2 rings (SSSR count). The number of nitrogens with zero attached hydrogens (tertiary/aromatic N) is 2. The van der Waals surface area contributed by atoms with E-state index in [1.807, 2.05) is 0 Å². The molecule has 42 heteroatoms. The number of amides is 12. The molecule has 0 saturated carbocycles. The minimum absolute atomic E-state index is 0.0170. The van der Waals surface area contributed by atoms with Gasteiger partial charge in [-0.15, -0.1) is 0 Å². The average Bonchev–Trinajstić information content (AvgIpc) is 1.74. The maximum absolute atomic E-state index is 14.6. The van der Waals surface area contributed by atoms with Crippen LogP contribution in [0.2, 0.25) is 0 Å². The number of rotatable bonds is 51. The Morgan fingerprint density at radius 1 is 0.542 bits per heavy atom. The topological polar surface area (TPSA) is 654 Å². The predicted molar refractivity (Wildman–Crippen MR) is 385 cm³/mol. The van der Waals surface area contributed by atoms with Crippen LogP contribution in [-0.2, 0) is 87.5 Å². The minimum Gasteiger partial charge on any atom is -0.481 e. The van der Waals surface area contributed by atoms with Gasteiger partial charge in [-0.2, -0.15) is 8.42 Å². The van der Waals surface area contributed by atoms with E-state index in [0.29, 0.717) is 12.8 Å². The van der Waals surface area contributed by atoms with Gasteiger partial charge in [0.05, 0.1) is 25.1 Å². The van der Waals surface area contributed by atoms with Crippen molar-refractivity contribution in [2.75, 3.05) is 32.0 Å². The second kappa shape index (κ2) is 47.2. The van der Waals surface area contributed by atoms with Gasteiger partial charge in [0, 0.05) is 43.5 Å². The number of carboxylic acids is 3. The second-order valence-corrected chi connectivity index (χ2v) is 31.1. The third-order valence-electron chi connectivity index (χ3n) is 16.9. The Morgan fingerprint density at radius 2 is 0.963 bits per heavy atom. The number of aliphatic hydroxyl groups is 2. The molecule has 12 amide bonds. The molecule has 0 aliphatic carbocycles. The van der Waals surface area contributed by atoms with Crippen LogP contribution in [0.1, 0.15) is 158 Å². The van der Waals surface area contributed by atoms with Gasteiger partial charge >= 0.3 is 27.1 Å². The molecule has 24 N–H and O–H groups in total. The lowest BCUT2D eigenvalue weighted by atomic mass is 9.99. The highest BCUT2D eigenvalue weighted by Gasteiger charge is 2.43. The first-order valence-electron chi connectivity index (χ1n) is 35.4. The second-order valence-electron chi connectivity index (χ2n) is 27.7. The van der Waals surface area contributed by atoms with Gasteiger partial charge in [-0.3, -0.25) is 71.7 Å². The lowest BCUT2D eigenvalue weighted by molar-refractivity contribution is -0.145. The van der Waals surface area contributed by atoms with Crippen molar-refractivity contribution in [2.45, 2.75) is 243 Å². The Labute approximate surface area is 624 Å². The van der Waals surface area contributed by atoms with E-state index >= 15 is 0 Å². The van der Waals surface area contributed by atoms with Crippen LogP contribution >= 0.6 is 10.8 Å². The summed E-state index contributed by atoms with van der Waals surface area (Å²) in [6.45, 7) is 13.3. The quantitative estimate of drug-likeness (QED) is 0.0165. The number of aliphatic hydroxyl groups excluding tert-OH is 2. The number of hydrogen-bond acceptors (Lipinski definition) is 24. The van der Waals surface area contributed by atoms with E-state index in [1.165, 1.54) is 40.2 Å². The molecule has 1 aromatic rings. The monoisotopic (exact) mass is 1560 g/mol. The number of aromatic amines is 1. The van der Waals surface area contributed by atoms with Crippen LogP contribution in [0, 0.1) is 23.7 Å². The molecule has 606 valence electrons. The number of likely N-dealkylation sites (tertiary alicyclic amines) is 1. The Kier molecular flexibility index (Phi) is 41.6. The van der Waals surface area contributed by atoms with E-state index in [-0.39, 0.29) is 106 Å². The molecule has 14 atom stereocenters. The molecule has 0 aromatic carbocycles. The third kappa shape index (κ3) is 34.4. The number of aliphatic carboxylic acids is 3. The number of nitrogens with two attached hydrogens (primary N) is 3. The fourth-order valence-electron chi connectivity index (χ4n) is 11.1. The molecule has 1 aromatic heterocycles. The predicted octanol–water partition coefficient (Wildman–Crippen LogP) is -5.01. The number of carbonyl (C=O) groups excluding carboxylic acids is 12. The highest BCUT2D eigenvalue weighted by molar-refractivity contribution is 8.69. The number of aromatic nitrogens is 2. The highest BCUT2D eigenvalue weighted by atomic mass is 33.1. The van der Waals surface area contributed by atoms with Crippen molar-refractivity contribution in [1.29, 1.82) is 0 Å². The van der Waals surface area contributed by atoms with Crippen molar-refractivity contribution in [3.05, 3.63) is 18.2 Å². The van der Waals surface area contributed by atoms with Crippen molar-refractivity contribution >= 4 is 109 Å². The number of nitrogens with one attached hydrogen (secondary N) is 12. The van der Waals surface area contributed by atoms with E-state index in [4.69, 9.17) is 17.2 Å². The zero-order valence-electron chi connectivity index (χ0n) is 61.8. The SMILES string of the molecule is CC(C)C[C@H](NC(=O)[C@@H](NC(=O)[C@H](CSS(=O)(=O)O)NC(=O)[C@@H](N)CC(C)C)C(C)C)C(=O)N[C@@H](Cc1cnc[nH]1)C(=O)N[C@@H](CCC(=O)O)C(=O)N[C@@H](CCCCN)C(=O)N[C@H](C(=O)N1CCC[C@H]1C(=O)N[C@H](C(=O)N[C@@H](CO)C(=O)N[C@@H](CCC(=O)O)C(=O)N[C@@H](CCCCN)C(=O)O)C(C)C)[C@@H](C)O. The molecule has 0 unspecified atom stereocenters. The first-order chi connectivity index (χ1) is 50.0. The average molecular weight is 1560 g/mol. The summed E-state index contributed by atoms with van der Waals surface area (Å²) >= 11 is 0. The molecular weight excluding hydrogens is 1450 g/mol. The van der Waals surface area contributed by atoms with Crippen LogP contribution in [0.5, 0.6) is 0 Å². The van der Waals surface area contributed by atoms with Crippen molar-refractivity contribution in [3.63, 3.8) is 0 Å². The van der Waals surface area contributed by atoms with Crippen molar-refractivity contribution in [2.24, 2.45) is 40.9 Å². The van der Waals surface area contributed by atoms with E-state index < -0.39 is 232 Å². The zero-order valence-corrected chi connectivity index (χ0v) is 63.4. The van der Waals surface area contributed by atoms with Gasteiger partial charge in [0.1, 0.15) is 72.5 Å². The van der Waals surface area contributed by atoms with Gasteiger partial charge in [-0.05, 0) is 132 Å². The first-order valence-corrected chi connectivity index (χ1v) is 38.3. The summed E-state index contributed by atoms with van der Waals surface area (Å²) in [6, 6.07) is -20.4. The van der Waals surface area contributed by atoms with Gasteiger partial charge in [0.15, 0.2) is 0 Å². The van der Waals surface area contributed by atoms with Crippen molar-refractivity contribution in [3.8, 4) is 0 Å². The molecule has 2 heterocycles. The van der Waals surface area contributed by atoms with Crippen LogP contribution < -0.4 is 75.7 Å². The van der Waals surface area contributed by atoms with Crippen LogP contribution in [0.25, 0.3) is 0 Å². The number of hydrogen-bond donors (Lipinski definition) is 21. The van der Waals surface area contributed by atoms with Crippen molar-refractivity contribution < 1.29 is 110 Å². The molecule has 1 aliphatic heterocycles. The van der Waals surface area contributed by atoms with Gasteiger partial charge in [-0.1, -0.05) is 55.4 Å². The van der Waals surface area contributed by atoms with Gasteiger partial charge in [-0.25, -0.2) is 9.78 Å². The van der Waals surface area contributed by atoms with Crippen LogP contribution in [0.15, 0.2) is 12.5 Å². The molecular formula is C65H111N17O23S2. The summed E-state index contributed by atoms with van der Waals surface area (Å²) in [5.74, 6) is -19.2. The largest absolute Gasteiger partial charge is 0.481 e. The fraction of sp³-hybridized carbons (Fsp3) is 0.723. The molecule has 1 aliphatic rings. The van der Waals surface area contributed by atoms with Crippen LogP contribution in [-0.4, -0.2) is 259 Å². The number of carboxylic acid groups (broad SMARTS) is 3. The van der Waals surface area contributed by atoms with E-state index in [2.05, 4.69) is 68.5 Å². The lowest BCUT2D eigenvalue weighted by Gasteiger charge is -2.32. The molecule has 40 nitrogen and oxygen atoms in total. The third-order valence-corrected chi connectivity index (χ3v) is 19.0. The van der Waals surface area contributed by atoms with Crippen LogP contribution in [0.4, 0.5) is 0 Å². The summed E-state index contributed by atoms with van der Waals surface area (Å²) in [5.41, 5.74) is 17.5. The molecule has 0 spiro atoms. The molecule has 107 heavy (non-hydrogen) atoms. The minimum atomic E-state index is -4.75. The van der Waals surface area contributed by atoms with Gasteiger partial charge in [0.2, 0.25) is 70.9 Å².